The zero-order chi connectivity index (χ0) is 14.2. The highest BCUT2D eigenvalue weighted by Gasteiger charge is 2.24. The molecule has 4 heteroatoms. The number of nitrogens with zero attached hydrogens (tertiary/aromatic N) is 1. The van der Waals surface area contributed by atoms with Crippen LogP contribution in [0.3, 0.4) is 0 Å². The molecule has 2 N–H and O–H groups in total. The molecule has 1 amide bonds. The molecule has 2 aliphatic rings. The van der Waals surface area contributed by atoms with Crippen molar-refractivity contribution < 1.29 is 9.90 Å². The van der Waals surface area contributed by atoms with Gasteiger partial charge in [0.15, 0.2) is 0 Å². The van der Waals surface area contributed by atoms with E-state index < -0.39 is 0 Å². The summed E-state index contributed by atoms with van der Waals surface area (Å²) in [5.74, 6) is 1.23. The first kappa shape index (κ1) is 15.8. The Morgan fingerprint density at radius 1 is 1.00 bits per heavy atom. The highest BCUT2D eigenvalue weighted by molar-refractivity contribution is 5.78. The summed E-state index contributed by atoms with van der Waals surface area (Å²) >= 11 is 0. The number of carbonyl (C=O) groups excluding carboxylic acids is 1. The molecule has 2 rings (SSSR count). The number of nitrogens with one attached hydrogen (secondary N) is 1. The summed E-state index contributed by atoms with van der Waals surface area (Å²) in [7, 11) is 0. The van der Waals surface area contributed by atoms with Crippen molar-refractivity contribution in [2.45, 2.75) is 51.4 Å². The van der Waals surface area contributed by atoms with E-state index in [4.69, 9.17) is 0 Å². The minimum Gasteiger partial charge on any atom is -0.396 e. The van der Waals surface area contributed by atoms with Crippen LogP contribution >= 0.6 is 0 Å². The molecule has 0 aromatic carbocycles. The number of likely N-dealkylation sites (tertiary alicyclic amines) is 1. The lowest BCUT2D eigenvalue weighted by molar-refractivity contribution is -0.130. The van der Waals surface area contributed by atoms with Crippen LogP contribution in [0.1, 0.15) is 51.4 Å². The number of rotatable bonds is 5. The van der Waals surface area contributed by atoms with Crippen molar-refractivity contribution in [3.8, 4) is 0 Å². The number of hydrogen-bond acceptors (Lipinski definition) is 3. The largest absolute Gasteiger partial charge is 0.396 e. The zero-order valence-corrected chi connectivity index (χ0v) is 12.6. The van der Waals surface area contributed by atoms with Gasteiger partial charge >= 0.3 is 0 Å². The quantitative estimate of drug-likeness (QED) is 0.808. The van der Waals surface area contributed by atoms with E-state index in [2.05, 4.69) is 5.32 Å². The van der Waals surface area contributed by atoms with Crippen LogP contribution in [0.4, 0.5) is 0 Å². The topological polar surface area (TPSA) is 52.6 Å². The second-order valence-corrected chi connectivity index (χ2v) is 6.41. The van der Waals surface area contributed by atoms with Crippen LogP contribution in [0, 0.1) is 11.8 Å². The minimum atomic E-state index is 0.253. The molecule has 0 radical (unpaired) electrons. The predicted molar refractivity (Wildman–Crippen MR) is 80.5 cm³/mol. The van der Waals surface area contributed by atoms with Crippen molar-refractivity contribution >= 4 is 5.91 Å². The van der Waals surface area contributed by atoms with Gasteiger partial charge in [-0.15, -0.1) is 0 Å². The van der Waals surface area contributed by atoms with E-state index in [0.717, 1.165) is 38.9 Å². The molecule has 1 aliphatic carbocycles. The summed E-state index contributed by atoms with van der Waals surface area (Å²) in [6, 6.07) is 0. The van der Waals surface area contributed by atoms with Gasteiger partial charge in [0.25, 0.3) is 0 Å². The maximum absolute atomic E-state index is 12.2. The van der Waals surface area contributed by atoms with E-state index in [1.165, 1.54) is 32.1 Å². The van der Waals surface area contributed by atoms with Gasteiger partial charge in [0.1, 0.15) is 0 Å². The number of carbonyl (C=O) groups is 1. The molecule has 116 valence electrons. The van der Waals surface area contributed by atoms with Gasteiger partial charge in [-0.05, 0) is 44.1 Å². The van der Waals surface area contributed by atoms with E-state index >= 15 is 0 Å². The summed E-state index contributed by atoms with van der Waals surface area (Å²) in [6.07, 6.45) is 9.67. The van der Waals surface area contributed by atoms with Crippen LogP contribution in [0.2, 0.25) is 0 Å². The number of aliphatic hydroxyl groups excluding tert-OH is 1. The summed E-state index contributed by atoms with van der Waals surface area (Å²) < 4.78 is 0. The molecule has 0 aromatic rings. The fourth-order valence-corrected chi connectivity index (χ4v) is 3.59. The Morgan fingerprint density at radius 3 is 2.30 bits per heavy atom. The van der Waals surface area contributed by atoms with Gasteiger partial charge in [-0.3, -0.25) is 4.79 Å². The van der Waals surface area contributed by atoms with Gasteiger partial charge in [-0.25, -0.2) is 0 Å². The molecule has 2 unspecified atom stereocenters. The lowest BCUT2D eigenvalue weighted by atomic mass is 9.79. The first-order valence-corrected chi connectivity index (χ1v) is 8.40. The van der Waals surface area contributed by atoms with Gasteiger partial charge in [0.05, 0.1) is 6.54 Å². The molecule has 1 heterocycles. The van der Waals surface area contributed by atoms with Crippen LogP contribution in [0.25, 0.3) is 0 Å². The van der Waals surface area contributed by atoms with Crippen LogP contribution in [-0.4, -0.2) is 48.7 Å². The van der Waals surface area contributed by atoms with Crippen LogP contribution < -0.4 is 5.32 Å². The van der Waals surface area contributed by atoms with Gasteiger partial charge < -0.3 is 15.3 Å². The zero-order valence-electron chi connectivity index (χ0n) is 12.6. The highest BCUT2D eigenvalue weighted by atomic mass is 16.3. The van der Waals surface area contributed by atoms with E-state index in [9.17, 15) is 9.90 Å². The Balaban J connectivity index is 1.67. The molecular weight excluding hydrogens is 252 g/mol. The van der Waals surface area contributed by atoms with Gasteiger partial charge in [-0.1, -0.05) is 25.7 Å². The second kappa shape index (κ2) is 8.63. The molecule has 0 bridgehead atoms. The van der Waals surface area contributed by atoms with Crippen molar-refractivity contribution in [2.75, 3.05) is 32.8 Å². The third kappa shape index (κ3) is 4.74. The van der Waals surface area contributed by atoms with E-state index in [-0.39, 0.29) is 5.91 Å². The molecule has 20 heavy (non-hydrogen) atoms. The molecule has 2 fully saturated rings. The Kier molecular flexibility index (Phi) is 6.80. The normalized spacial score (nSPS) is 28.1. The fraction of sp³-hybridized carbons (Fsp3) is 0.938. The van der Waals surface area contributed by atoms with Crippen molar-refractivity contribution in [3.63, 3.8) is 0 Å². The summed E-state index contributed by atoms with van der Waals surface area (Å²) in [5, 5.41) is 12.7. The molecule has 0 spiro atoms. The molecule has 1 saturated carbocycles. The van der Waals surface area contributed by atoms with Gasteiger partial charge in [0, 0.05) is 19.7 Å². The Labute approximate surface area is 122 Å². The first-order valence-electron chi connectivity index (χ1n) is 8.40. The molecule has 1 saturated heterocycles. The highest BCUT2D eigenvalue weighted by Crippen LogP contribution is 2.28. The molecule has 0 aromatic heterocycles. The standard InChI is InChI=1S/C16H30N2O2/c19-13-15-8-4-3-7-14(15)11-17-12-16(20)18-9-5-1-2-6-10-18/h14-15,17,19H,1-13H2. The maximum atomic E-state index is 12.2. The second-order valence-electron chi connectivity index (χ2n) is 6.41. The SMILES string of the molecule is O=C(CNCC1CCCCC1CO)N1CCCCCC1. The number of amides is 1. The fourth-order valence-electron chi connectivity index (χ4n) is 3.59. The number of aliphatic hydroxyl groups is 1. The maximum Gasteiger partial charge on any atom is 0.236 e. The Morgan fingerprint density at radius 2 is 1.65 bits per heavy atom. The smallest absolute Gasteiger partial charge is 0.236 e. The van der Waals surface area contributed by atoms with Crippen molar-refractivity contribution in [1.29, 1.82) is 0 Å². The van der Waals surface area contributed by atoms with Crippen LogP contribution in [0.15, 0.2) is 0 Å². The Bertz CT molecular complexity index is 288. The lowest BCUT2D eigenvalue weighted by Gasteiger charge is -2.30. The average molecular weight is 282 g/mol. The van der Waals surface area contributed by atoms with Crippen LogP contribution in [-0.2, 0) is 4.79 Å². The van der Waals surface area contributed by atoms with Gasteiger partial charge in [0.2, 0.25) is 5.91 Å². The lowest BCUT2D eigenvalue weighted by Crippen LogP contribution is -2.41. The van der Waals surface area contributed by atoms with E-state index in [0.29, 0.717) is 25.0 Å². The van der Waals surface area contributed by atoms with Gasteiger partial charge in [-0.2, -0.15) is 0 Å². The molecule has 1 aliphatic heterocycles. The van der Waals surface area contributed by atoms with Crippen molar-refractivity contribution in [2.24, 2.45) is 11.8 Å². The Hall–Kier alpha value is -0.610. The molecule has 2 atom stereocenters. The van der Waals surface area contributed by atoms with E-state index in [1.54, 1.807) is 0 Å². The minimum absolute atomic E-state index is 0.253. The van der Waals surface area contributed by atoms with E-state index in [1.807, 2.05) is 4.90 Å². The third-order valence-corrected chi connectivity index (χ3v) is 4.94. The monoisotopic (exact) mass is 282 g/mol. The molecular formula is C16H30N2O2. The molecule has 4 nitrogen and oxygen atoms in total. The summed E-state index contributed by atoms with van der Waals surface area (Å²) in [5.41, 5.74) is 0. The first-order chi connectivity index (χ1) is 9.81. The van der Waals surface area contributed by atoms with Crippen molar-refractivity contribution in [1.82, 2.24) is 10.2 Å². The average Bonchev–Trinajstić information content (AvgIpc) is 2.77. The summed E-state index contributed by atoms with van der Waals surface area (Å²) in [6.45, 7) is 3.51. The predicted octanol–water partition coefficient (Wildman–Crippen LogP) is 1.78. The van der Waals surface area contributed by atoms with Crippen molar-refractivity contribution in [3.05, 3.63) is 0 Å². The number of hydrogen-bond donors (Lipinski definition) is 2. The third-order valence-electron chi connectivity index (χ3n) is 4.94. The van der Waals surface area contributed by atoms with Crippen LogP contribution in [0.5, 0.6) is 0 Å². The summed E-state index contributed by atoms with van der Waals surface area (Å²) in [4.78, 5) is 14.2.